The van der Waals surface area contributed by atoms with Gasteiger partial charge in [-0.25, -0.2) is 0 Å². The van der Waals surface area contributed by atoms with E-state index in [1.54, 1.807) is 35.2 Å². The van der Waals surface area contributed by atoms with Crippen LogP contribution in [0.25, 0.3) is 0 Å². The molecule has 0 saturated carbocycles. The number of Topliss-reactive ketones (excluding diaryl/α,β-unsaturated/α-hetero) is 1. The van der Waals surface area contributed by atoms with Crippen molar-refractivity contribution >= 4 is 51.8 Å². The summed E-state index contributed by atoms with van der Waals surface area (Å²) in [6.07, 6.45) is 0. The van der Waals surface area contributed by atoms with Crippen molar-refractivity contribution in [2.45, 2.75) is 4.21 Å². The Bertz CT molecular complexity index is 447. The standard InChI is InChI=1S/C10H7ClOS3/c11-9-4-3-8(15-9)7(12)6-14-10-2-1-5-13-10/h1-5H,6H2. The summed E-state index contributed by atoms with van der Waals surface area (Å²) in [5.41, 5.74) is 0. The molecule has 0 fully saturated rings. The van der Waals surface area contributed by atoms with Crippen LogP contribution in [0.4, 0.5) is 0 Å². The van der Waals surface area contributed by atoms with Crippen LogP contribution in [-0.2, 0) is 0 Å². The van der Waals surface area contributed by atoms with Crippen molar-refractivity contribution in [3.05, 3.63) is 38.9 Å². The number of thiophene rings is 2. The van der Waals surface area contributed by atoms with Crippen LogP contribution in [0.3, 0.4) is 0 Å². The van der Waals surface area contributed by atoms with Gasteiger partial charge in [-0.1, -0.05) is 17.7 Å². The maximum absolute atomic E-state index is 11.7. The number of hydrogen-bond donors (Lipinski definition) is 0. The van der Waals surface area contributed by atoms with E-state index < -0.39 is 0 Å². The number of carbonyl (C=O) groups is 1. The second-order valence-corrected chi connectivity index (χ2v) is 6.69. The first-order valence-corrected chi connectivity index (χ1v) is 7.26. The molecule has 0 saturated heterocycles. The highest BCUT2D eigenvalue weighted by molar-refractivity contribution is 8.01. The smallest absolute Gasteiger partial charge is 0.183 e. The number of hydrogen-bond acceptors (Lipinski definition) is 4. The predicted molar refractivity (Wildman–Crippen MR) is 68.7 cm³/mol. The summed E-state index contributed by atoms with van der Waals surface area (Å²) in [5, 5.41) is 2.01. The van der Waals surface area contributed by atoms with Gasteiger partial charge in [0.05, 0.1) is 19.2 Å². The molecule has 0 bridgehead atoms. The lowest BCUT2D eigenvalue weighted by Gasteiger charge is -1.95. The van der Waals surface area contributed by atoms with Gasteiger partial charge in [-0.05, 0) is 23.6 Å². The maximum Gasteiger partial charge on any atom is 0.183 e. The molecule has 0 unspecified atom stereocenters. The van der Waals surface area contributed by atoms with Crippen LogP contribution in [0.15, 0.2) is 33.9 Å². The van der Waals surface area contributed by atoms with E-state index in [1.807, 2.05) is 17.5 Å². The number of ketones is 1. The zero-order valence-corrected chi connectivity index (χ0v) is 10.8. The van der Waals surface area contributed by atoms with Gasteiger partial charge in [-0.15, -0.1) is 34.4 Å². The minimum atomic E-state index is 0.144. The Morgan fingerprint density at radius 1 is 1.40 bits per heavy atom. The lowest BCUT2D eigenvalue weighted by atomic mass is 10.4. The van der Waals surface area contributed by atoms with E-state index in [9.17, 15) is 4.79 Å². The fourth-order valence-corrected chi connectivity index (χ4v) is 3.76. The molecule has 0 atom stereocenters. The van der Waals surface area contributed by atoms with Crippen LogP contribution in [0.5, 0.6) is 0 Å². The molecule has 0 spiro atoms. The van der Waals surface area contributed by atoms with E-state index in [2.05, 4.69) is 0 Å². The molecule has 0 radical (unpaired) electrons. The van der Waals surface area contributed by atoms with E-state index in [0.29, 0.717) is 10.1 Å². The molecule has 0 N–H and O–H groups in total. The molecule has 1 nitrogen and oxygen atoms in total. The Morgan fingerprint density at radius 3 is 2.87 bits per heavy atom. The van der Waals surface area contributed by atoms with E-state index in [1.165, 1.54) is 15.5 Å². The Hall–Kier alpha value is -0.290. The van der Waals surface area contributed by atoms with Crippen molar-refractivity contribution in [2.75, 3.05) is 5.75 Å². The maximum atomic E-state index is 11.7. The quantitative estimate of drug-likeness (QED) is 0.606. The van der Waals surface area contributed by atoms with Crippen molar-refractivity contribution in [2.24, 2.45) is 0 Å². The van der Waals surface area contributed by atoms with Crippen molar-refractivity contribution in [3.8, 4) is 0 Å². The Morgan fingerprint density at radius 2 is 2.27 bits per heavy atom. The molecule has 2 aromatic rings. The summed E-state index contributed by atoms with van der Waals surface area (Å²) in [6, 6.07) is 7.54. The SMILES string of the molecule is O=C(CSc1cccs1)c1ccc(Cl)s1. The Labute approximate surface area is 105 Å². The number of thioether (sulfide) groups is 1. The summed E-state index contributed by atoms with van der Waals surface area (Å²) >= 11 is 10.3. The molecular formula is C10H7ClOS3. The first-order chi connectivity index (χ1) is 7.25. The minimum absolute atomic E-state index is 0.144. The van der Waals surface area contributed by atoms with Gasteiger partial charge in [0.2, 0.25) is 0 Å². The van der Waals surface area contributed by atoms with Crippen molar-refractivity contribution in [1.29, 1.82) is 0 Å². The molecular weight excluding hydrogens is 268 g/mol. The van der Waals surface area contributed by atoms with E-state index in [-0.39, 0.29) is 5.78 Å². The van der Waals surface area contributed by atoms with E-state index in [4.69, 9.17) is 11.6 Å². The van der Waals surface area contributed by atoms with Gasteiger partial charge in [0, 0.05) is 0 Å². The molecule has 78 valence electrons. The number of carbonyl (C=O) groups excluding carboxylic acids is 1. The zero-order chi connectivity index (χ0) is 10.7. The highest BCUT2D eigenvalue weighted by Gasteiger charge is 2.09. The topological polar surface area (TPSA) is 17.1 Å². The molecule has 2 rings (SSSR count). The van der Waals surface area contributed by atoms with Crippen molar-refractivity contribution in [3.63, 3.8) is 0 Å². The third kappa shape index (κ3) is 3.08. The lowest BCUT2D eigenvalue weighted by Crippen LogP contribution is -1.98. The second-order valence-electron chi connectivity index (χ2n) is 2.75. The molecule has 15 heavy (non-hydrogen) atoms. The zero-order valence-electron chi connectivity index (χ0n) is 7.60. The van der Waals surface area contributed by atoms with Crippen LogP contribution in [-0.4, -0.2) is 11.5 Å². The van der Waals surface area contributed by atoms with Gasteiger partial charge in [-0.3, -0.25) is 4.79 Å². The van der Waals surface area contributed by atoms with E-state index in [0.717, 1.165) is 4.88 Å². The first kappa shape index (κ1) is 11.2. The molecule has 2 aromatic heterocycles. The lowest BCUT2D eigenvalue weighted by molar-refractivity contribution is 0.102. The third-order valence-electron chi connectivity index (χ3n) is 1.69. The van der Waals surface area contributed by atoms with Crippen molar-refractivity contribution in [1.82, 2.24) is 0 Å². The molecule has 0 aliphatic heterocycles. The van der Waals surface area contributed by atoms with E-state index >= 15 is 0 Å². The molecule has 5 heteroatoms. The van der Waals surface area contributed by atoms with Crippen molar-refractivity contribution < 1.29 is 4.79 Å². The Kier molecular flexibility index (Phi) is 3.86. The molecule has 0 aromatic carbocycles. The minimum Gasteiger partial charge on any atom is -0.292 e. The molecule has 0 aliphatic rings. The van der Waals surface area contributed by atoms with Gasteiger partial charge in [0.1, 0.15) is 0 Å². The third-order valence-corrected chi connectivity index (χ3v) is 5.09. The first-order valence-electron chi connectivity index (χ1n) is 4.20. The van der Waals surface area contributed by atoms with Crippen LogP contribution in [0.1, 0.15) is 9.67 Å². The van der Waals surface area contributed by atoms with Crippen LogP contribution in [0, 0.1) is 0 Å². The van der Waals surface area contributed by atoms with Crippen LogP contribution < -0.4 is 0 Å². The summed E-state index contributed by atoms with van der Waals surface area (Å²) in [5.74, 6) is 0.627. The fraction of sp³-hybridized carbons (Fsp3) is 0.100. The predicted octanol–water partition coefficient (Wildman–Crippen LogP) is 4.44. The van der Waals surface area contributed by atoms with Gasteiger partial charge >= 0.3 is 0 Å². The van der Waals surface area contributed by atoms with Crippen LogP contribution in [0.2, 0.25) is 4.34 Å². The average Bonchev–Trinajstić information content (AvgIpc) is 2.84. The fourth-order valence-electron chi connectivity index (χ4n) is 1.02. The van der Waals surface area contributed by atoms with Gasteiger partial charge < -0.3 is 0 Å². The van der Waals surface area contributed by atoms with Crippen LogP contribution >= 0.6 is 46.0 Å². The van der Waals surface area contributed by atoms with Gasteiger partial charge in [0.15, 0.2) is 5.78 Å². The average molecular weight is 275 g/mol. The molecule has 2 heterocycles. The number of halogens is 1. The molecule has 0 amide bonds. The highest BCUT2D eigenvalue weighted by atomic mass is 35.5. The second kappa shape index (κ2) is 5.16. The number of rotatable bonds is 4. The summed E-state index contributed by atoms with van der Waals surface area (Å²) in [6.45, 7) is 0. The largest absolute Gasteiger partial charge is 0.292 e. The van der Waals surface area contributed by atoms with Gasteiger partial charge in [-0.2, -0.15) is 0 Å². The monoisotopic (exact) mass is 274 g/mol. The highest BCUT2D eigenvalue weighted by Crippen LogP contribution is 2.27. The normalized spacial score (nSPS) is 10.5. The van der Waals surface area contributed by atoms with Gasteiger partial charge in [0.25, 0.3) is 0 Å². The summed E-state index contributed by atoms with van der Waals surface area (Å²) < 4.78 is 1.84. The summed E-state index contributed by atoms with van der Waals surface area (Å²) in [4.78, 5) is 12.4. The Balaban J connectivity index is 1.93. The summed E-state index contributed by atoms with van der Waals surface area (Å²) in [7, 11) is 0. The molecule has 0 aliphatic carbocycles.